The summed E-state index contributed by atoms with van der Waals surface area (Å²) in [4.78, 5) is 13.9. The Balaban J connectivity index is 2.32. The second-order valence-corrected chi connectivity index (χ2v) is 5.22. The zero-order chi connectivity index (χ0) is 16.1. The van der Waals surface area contributed by atoms with Crippen molar-refractivity contribution in [3.8, 4) is 0 Å². The van der Waals surface area contributed by atoms with E-state index in [0.717, 1.165) is 6.07 Å². The molecule has 1 aliphatic rings. The first-order valence-corrected chi connectivity index (χ1v) is 6.96. The minimum absolute atomic E-state index is 0.0413. The molecule has 1 aromatic carbocycles. The van der Waals surface area contributed by atoms with Gasteiger partial charge in [0.05, 0.1) is 23.4 Å². The van der Waals surface area contributed by atoms with Gasteiger partial charge in [0.2, 0.25) is 0 Å². The lowest BCUT2D eigenvalue weighted by molar-refractivity contribution is -0.136. The molecule has 118 valence electrons. The molecule has 0 atom stereocenters. The number of anilines is 1. The van der Waals surface area contributed by atoms with Crippen LogP contribution in [0.15, 0.2) is 18.2 Å². The number of likely N-dealkylation sites (N-methyl/N-ethyl adjacent to an activating group) is 1. The van der Waals surface area contributed by atoms with Crippen LogP contribution in [0.2, 0.25) is 0 Å². The molecule has 0 fully saturated rings. The van der Waals surface area contributed by atoms with E-state index in [2.05, 4.69) is 0 Å². The van der Waals surface area contributed by atoms with E-state index in [-0.39, 0.29) is 17.7 Å². The molecule has 7 heteroatoms. The summed E-state index contributed by atoms with van der Waals surface area (Å²) in [6, 6.07) is 3.81. The van der Waals surface area contributed by atoms with Gasteiger partial charge in [-0.1, -0.05) is 0 Å². The van der Waals surface area contributed by atoms with Gasteiger partial charge in [-0.05, 0) is 25.1 Å². The fraction of sp³-hybridized carbons (Fsp3) is 0.400. The van der Waals surface area contributed by atoms with Crippen LogP contribution in [-0.2, 0) is 17.5 Å². The fourth-order valence-electron chi connectivity index (χ4n) is 2.89. The number of alkyl halides is 3. The maximum Gasteiger partial charge on any atom is 0.417 e. The van der Waals surface area contributed by atoms with Crippen molar-refractivity contribution >= 4 is 22.6 Å². The lowest BCUT2D eigenvalue weighted by Gasteiger charge is -2.28. The third-order valence-electron chi connectivity index (χ3n) is 3.90. The van der Waals surface area contributed by atoms with Crippen LogP contribution in [0.1, 0.15) is 23.0 Å². The molecular weight excluding hydrogens is 297 g/mol. The molecule has 0 radical (unpaired) electrons. The Labute approximate surface area is 125 Å². The zero-order valence-electron chi connectivity index (χ0n) is 12.2. The van der Waals surface area contributed by atoms with Crippen LogP contribution in [0.3, 0.4) is 0 Å². The normalized spacial score (nSPS) is 14.5. The first-order chi connectivity index (χ1) is 10.3. The van der Waals surface area contributed by atoms with Gasteiger partial charge in [-0.25, -0.2) is 4.79 Å². The van der Waals surface area contributed by atoms with Gasteiger partial charge in [-0.2, -0.15) is 13.2 Å². The van der Waals surface area contributed by atoms with E-state index in [1.165, 1.54) is 12.1 Å². The van der Waals surface area contributed by atoms with Crippen LogP contribution < -0.4 is 4.90 Å². The highest BCUT2D eigenvalue weighted by Crippen LogP contribution is 2.41. The molecule has 0 saturated heterocycles. The summed E-state index contributed by atoms with van der Waals surface area (Å²) in [5, 5.41) is 0.0413. The van der Waals surface area contributed by atoms with Crippen LogP contribution in [0, 0.1) is 0 Å². The molecule has 2 aromatic rings. The van der Waals surface area contributed by atoms with E-state index in [1.807, 2.05) is 11.9 Å². The number of esters is 1. The number of rotatable bonds is 2. The maximum atomic E-state index is 13.2. The molecule has 1 aliphatic heterocycles. The number of halogens is 3. The first kappa shape index (κ1) is 14.7. The highest BCUT2D eigenvalue weighted by molar-refractivity contribution is 6.02. The molecule has 0 aliphatic carbocycles. The fourth-order valence-corrected chi connectivity index (χ4v) is 2.89. The Bertz CT molecular complexity index is 749. The van der Waals surface area contributed by atoms with Crippen molar-refractivity contribution in [3.63, 3.8) is 0 Å². The SMILES string of the molecule is CCOC(=O)c1cc2c(C(F)(F)F)ccc3c2n1CCN3C. The third kappa shape index (κ3) is 2.12. The summed E-state index contributed by atoms with van der Waals surface area (Å²) >= 11 is 0. The molecule has 0 unspecified atom stereocenters. The highest BCUT2D eigenvalue weighted by Gasteiger charge is 2.36. The number of ether oxygens (including phenoxy) is 1. The molecule has 0 amide bonds. The Morgan fingerprint density at radius 2 is 2.05 bits per heavy atom. The van der Waals surface area contributed by atoms with Gasteiger partial charge < -0.3 is 14.2 Å². The number of carbonyl (C=O) groups is 1. The topological polar surface area (TPSA) is 34.5 Å². The summed E-state index contributed by atoms with van der Waals surface area (Å²) < 4.78 is 46.2. The number of benzene rings is 1. The Kier molecular flexibility index (Phi) is 3.30. The standard InChI is InChI=1S/C15H15F3N2O2/c1-3-22-14(21)12-8-9-10(15(16,17)18)4-5-11-13(9)20(12)7-6-19(11)2/h4-5,8H,3,6-7H2,1-2H3. The third-order valence-corrected chi connectivity index (χ3v) is 3.90. The molecule has 1 aromatic heterocycles. The molecule has 0 bridgehead atoms. The summed E-state index contributed by atoms with van der Waals surface area (Å²) in [5.74, 6) is -0.595. The van der Waals surface area contributed by atoms with Crippen LogP contribution in [0.25, 0.3) is 10.9 Å². The van der Waals surface area contributed by atoms with Gasteiger partial charge in [0.25, 0.3) is 0 Å². The van der Waals surface area contributed by atoms with Crippen molar-refractivity contribution in [2.75, 3.05) is 25.1 Å². The number of aromatic nitrogens is 1. The molecule has 22 heavy (non-hydrogen) atoms. The summed E-state index contributed by atoms with van der Waals surface area (Å²) in [6.45, 7) is 2.91. The number of carbonyl (C=O) groups excluding carboxylic acids is 1. The van der Waals surface area contributed by atoms with Crippen molar-refractivity contribution in [1.29, 1.82) is 0 Å². The Morgan fingerprint density at radius 3 is 2.68 bits per heavy atom. The summed E-state index contributed by atoms with van der Waals surface area (Å²) in [5.41, 5.74) is 0.560. The molecule has 0 spiro atoms. The van der Waals surface area contributed by atoms with Crippen molar-refractivity contribution in [1.82, 2.24) is 4.57 Å². The van der Waals surface area contributed by atoms with E-state index in [0.29, 0.717) is 24.3 Å². The van der Waals surface area contributed by atoms with Crippen molar-refractivity contribution in [2.45, 2.75) is 19.6 Å². The van der Waals surface area contributed by atoms with E-state index >= 15 is 0 Å². The summed E-state index contributed by atoms with van der Waals surface area (Å²) in [6.07, 6.45) is -4.47. The van der Waals surface area contributed by atoms with Gasteiger partial charge in [0, 0.05) is 25.5 Å². The smallest absolute Gasteiger partial charge is 0.417 e. The van der Waals surface area contributed by atoms with Crippen molar-refractivity contribution in [2.24, 2.45) is 0 Å². The van der Waals surface area contributed by atoms with E-state index in [9.17, 15) is 18.0 Å². The largest absolute Gasteiger partial charge is 0.461 e. The quantitative estimate of drug-likeness (QED) is 0.798. The average molecular weight is 312 g/mol. The molecule has 0 saturated carbocycles. The van der Waals surface area contributed by atoms with Gasteiger partial charge in [0.15, 0.2) is 0 Å². The van der Waals surface area contributed by atoms with Crippen LogP contribution >= 0.6 is 0 Å². The van der Waals surface area contributed by atoms with E-state index < -0.39 is 17.7 Å². The zero-order valence-corrected chi connectivity index (χ0v) is 12.2. The predicted octanol–water partition coefficient (Wildman–Crippen LogP) is 3.29. The minimum Gasteiger partial charge on any atom is -0.461 e. The number of nitrogens with zero attached hydrogens (tertiary/aromatic N) is 2. The monoisotopic (exact) mass is 312 g/mol. The molecule has 2 heterocycles. The van der Waals surface area contributed by atoms with Gasteiger partial charge in [0.1, 0.15) is 5.69 Å². The molecule has 3 rings (SSSR count). The number of hydrogen-bond acceptors (Lipinski definition) is 3. The van der Waals surface area contributed by atoms with Gasteiger partial charge in [-0.3, -0.25) is 0 Å². The predicted molar refractivity (Wildman–Crippen MR) is 76.2 cm³/mol. The van der Waals surface area contributed by atoms with Gasteiger partial charge in [-0.15, -0.1) is 0 Å². The first-order valence-electron chi connectivity index (χ1n) is 6.96. The Hall–Kier alpha value is -2.18. The van der Waals surface area contributed by atoms with Crippen molar-refractivity contribution in [3.05, 3.63) is 29.5 Å². The lowest BCUT2D eigenvalue weighted by Crippen LogP contribution is -2.29. The van der Waals surface area contributed by atoms with Crippen LogP contribution in [0.4, 0.5) is 18.9 Å². The highest BCUT2D eigenvalue weighted by atomic mass is 19.4. The minimum atomic E-state index is -4.47. The van der Waals surface area contributed by atoms with Crippen molar-refractivity contribution < 1.29 is 22.7 Å². The van der Waals surface area contributed by atoms with Crippen LogP contribution in [0.5, 0.6) is 0 Å². The Morgan fingerprint density at radius 1 is 1.32 bits per heavy atom. The van der Waals surface area contributed by atoms with E-state index in [1.54, 1.807) is 11.5 Å². The second kappa shape index (κ2) is 4.93. The van der Waals surface area contributed by atoms with E-state index in [4.69, 9.17) is 4.74 Å². The lowest BCUT2D eigenvalue weighted by atomic mass is 10.1. The molecular formula is C15H15F3N2O2. The van der Waals surface area contributed by atoms with Gasteiger partial charge >= 0.3 is 12.1 Å². The second-order valence-electron chi connectivity index (χ2n) is 5.22. The average Bonchev–Trinajstić information content (AvgIpc) is 2.82. The molecule has 4 nitrogen and oxygen atoms in total. The molecule has 0 N–H and O–H groups in total. The van der Waals surface area contributed by atoms with Crippen LogP contribution in [-0.4, -0.2) is 30.7 Å². The summed E-state index contributed by atoms with van der Waals surface area (Å²) in [7, 11) is 1.82. The number of hydrogen-bond donors (Lipinski definition) is 0. The maximum absolute atomic E-state index is 13.2.